The van der Waals surface area contributed by atoms with Crippen LogP contribution in [0.25, 0.3) is 32.9 Å². The Morgan fingerprint density at radius 3 is 2.68 bits per heavy atom. The first kappa shape index (κ1) is 38.2. The SMILES string of the molecule is COC1C2CN(C(=O)Oc3cc4c5c(c(F)ccc5c3)CCCOC(=O)N[C@]3(C)C[C@@H](F)CN(C3)c3nc(OC[C@@]56CCCN5C[C@H](F)C6)nc5c(F)c-4ncc35)CC21. The Kier molecular flexibility index (Phi) is 9.27. The van der Waals surface area contributed by atoms with Crippen molar-refractivity contribution >= 4 is 39.7 Å². The summed E-state index contributed by atoms with van der Waals surface area (Å²) in [6, 6.07) is 5.69. The third-order valence-corrected chi connectivity index (χ3v) is 13.3. The van der Waals surface area contributed by atoms with Gasteiger partial charge in [0, 0.05) is 69.7 Å². The highest BCUT2D eigenvalue weighted by Gasteiger charge is 2.58. The number of alkyl halides is 2. The molecule has 6 atom stereocenters. The first-order chi connectivity index (χ1) is 28.4. The fourth-order valence-electron chi connectivity index (χ4n) is 10.6. The van der Waals surface area contributed by atoms with Crippen LogP contribution in [-0.4, -0.2) is 126 Å². The number of carbonyl (C=O) groups excluding carboxylic acids is 2. The average molecular weight is 820 g/mol. The number of anilines is 1. The van der Waals surface area contributed by atoms with Gasteiger partial charge in [-0.3, -0.25) is 9.88 Å². The molecule has 17 heteroatoms. The van der Waals surface area contributed by atoms with Gasteiger partial charge in [-0.25, -0.2) is 27.2 Å². The van der Waals surface area contributed by atoms with Gasteiger partial charge >= 0.3 is 18.2 Å². The fourth-order valence-corrected chi connectivity index (χ4v) is 10.6. The monoisotopic (exact) mass is 819 g/mol. The molecule has 1 aliphatic carbocycles. The van der Waals surface area contributed by atoms with E-state index >= 15 is 13.2 Å². The summed E-state index contributed by atoms with van der Waals surface area (Å²) >= 11 is 0. The summed E-state index contributed by atoms with van der Waals surface area (Å²) < 4.78 is 87.1. The van der Waals surface area contributed by atoms with Crippen molar-refractivity contribution in [2.75, 3.05) is 64.5 Å². The van der Waals surface area contributed by atoms with E-state index in [0.29, 0.717) is 36.8 Å². The molecule has 8 heterocycles. The Balaban J connectivity index is 1.11. The number of pyridine rings is 1. The van der Waals surface area contributed by atoms with Gasteiger partial charge in [-0.05, 0) is 73.7 Å². The molecule has 59 heavy (non-hydrogen) atoms. The van der Waals surface area contributed by atoms with E-state index in [4.69, 9.17) is 23.9 Å². The van der Waals surface area contributed by atoms with Crippen LogP contribution in [0.5, 0.6) is 11.8 Å². The van der Waals surface area contributed by atoms with E-state index in [2.05, 4.69) is 20.2 Å². The molecule has 6 aliphatic heterocycles. The summed E-state index contributed by atoms with van der Waals surface area (Å²) in [6.07, 6.45) is -0.107. The first-order valence-electron chi connectivity index (χ1n) is 20.4. The molecule has 312 valence electrons. The number of rotatable bonds is 5. The van der Waals surface area contributed by atoms with Gasteiger partial charge in [-0.1, -0.05) is 6.07 Å². The Hall–Kier alpha value is -5.03. The van der Waals surface area contributed by atoms with Crippen molar-refractivity contribution in [1.82, 2.24) is 30.1 Å². The number of aryl methyl sites for hydroxylation is 1. The quantitative estimate of drug-likeness (QED) is 0.233. The summed E-state index contributed by atoms with van der Waals surface area (Å²) in [4.78, 5) is 45.8. The molecule has 4 aromatic rings. The molecule has 4 saturated heterocycles. The molecule has 7 aliphatic rings. The summed E-state index contributed by atoms with van der Waals surface area (Å²) in [5.41, 5.74) is -1.72. The van der Waals surface area contributed by atoms with Gasteiger partial charge in [0.25, 0.3) is 0 Å². The number of halogens is 4. The Labute approximate surface area is 337 Å². The molecular weight excluding hydrogens is 774 g/mol. The third kappa shape index (κ3) is 6.73. The van der Waals surface area contributed by atoms with Gasteiger partial charge < -0.3 is 34.1 Å². The third-order valence-electron chi connectivity index (χ3n) is 13.3. The number of alkyl carbamates (subject to hydrolysis) is 1. The molecule has 2 aromatic carbocycles. The second-order valence-electron chi connectivity index (χ2n) is 17.4. The summed E-state index contributed by atoms with van der Waals surface area (Å²) in [6.45, 7) is 3.61. The van der Waals surface area contributed by atoms with Crippen LogP contribution in [0.1, 0.15) is 44.6 Å². The van der Waals surface area contributed by atoms with Crippen molar-refractivity contribution in [3.05, 3.63) is 47.7 Å². The number of nitrogens with zero attached hydrogens (tertiary/aromatic N) is 6. The van der Waals surface area contributed by atoms with E-state index in [1.54, 1.807) is 29.9 Å². The molecule has 2 unspecified atom stereocenters. The van der Waals surface area contributed by atoms with E-state index in [1.807, 2.05) is 0 Å². The first-order valence-corrected chi connectivity index (χ1v) is 20.4. The van der Waals surface area contributed by atoms with Crippen LogP contribution in [0.4, 0.5) is 33.0 Å². The second kappa shape index (κ2) is 14.3. The lowest BCUT2D eigenvalue weighted by atomic mass is 9.90. The van der Waals surface area contributed by atoms with Crippen molar-refractivity contribution in [3.8, 4) is 23.0 Å². The number of hydrogen-bond acceptors (Lipinski definition) is 11. The number of nitrogens with one attached hydrogen (secondary N) is 1. The number of methoxy groups -OCH3 is 1. The maximum Gasteiger partial charge on any atom is 0.415 e. The Morgan fingerprint density at radius 1 is 1.05 bits per heavy atom. The highest BCUT2D eigenvalue weighted by Crippen LogP contribution is 2.48. The van der Waals surface area contributed by atoms with E-state index in [9.17, 15) is 14.0 Å². The lowest BCUT2D eigenvalue weighted by Gasteiger charge is -2.42. The lowest BCUT2D eigenvalue weighted by Crippen LogP contribution is -2.60. The van der Waals surface area contributed by atoms with Gasteiger partial charge in [0.1, 0.15) is 47.5 Å². The summed E-state index contributed by atoms with van der Waals surface area (Å²) in [5.74, 6) is -0.738. The average Bonchev–Trinajstić information content (AvgIpc) is 3.46. The number of aromatic nitrogens is 3. The van der Waals surface area contributed by atoms with Gasteiger partial charge in [-0.15, -0.1) is 0 Å². The van der Waals surface area contributed by atoms with E-state index in [1.165, 1.54) is 24.4 Å². The zero-order chi connectivity index (χ0) is 40.8. The summed E-state index contributed by atoms with van der Waals surface area (Å²) in [7, 11) is 1.66. The van der Waals surface area contributed by atoms with Gasteiger partial charge in [0.05, 0.1) is 35.7 Å². The molecule has 1 saturated carbocycles. The number of hydrogen-bond donors (Lipinski definition) is 1. The fraction of sp³-hybridized carbons (Fsp3) is 0.548. The highest BCUT2D eigenvalue weighted by atomic mass is 19.1. The highest BCUT2D eigenvalue weighted by molar-refractivity contribution is 6.02. The number of likely N-dealkylation sites (tertiary alicyclic amines) is 1. The van der Waals surface area contributed by atoms with Crippen molar-refractivity contribution in [2.45, 2.75) is 75.0 Å². The van der Waals surface area contributed by atoms with Gasteiger partial charge in [0.2, 0.25) is 0 Å². The molecule has 11 rings (SSSR count). The molecule has 0 radical (unpaired) electrons. The largest absolute Gasteiger partial charge is 0.461 e. The van der Waals surface area contributed by atoms with Gasteiger partial charge in [0.15, 0.2) is 5.82 Å². The topological polar surface area (TPSA) is 131 Å². The normalized spacial score (nSPS) is 30.3. The van der Waals surface area contributed by atoms with Crippen LogP contribution in [0, 0.1) is 23.5 Å². The molecule has 6 bridgehead atoms. The number of carbonyl (C=O) groups is 2. The zero-order valence-electron chi connectivity index (χ0n) is 32.8. The standard InChI is InChI=1S/C42H45F4N7O6/c1-41-13-23(43)16-52(20-41)37-28-15-47-34(33(46)35(28)48-38(49-37)58-21-42-8-4-9-53(42)17-24(44)14-42)27-12-25(59-40(55)51-18-29-30(19-51)36(29)56-2)11-22-6-7-31(45)26(32(22)27)5-3-10-57-39(54)50-41/h6-7,11-12,15,23-24,29-30,36H,3-5,8-10,13-14,16-21H2,1-2H3,(H,50,54)/t23-,24-,29?,30?,36?,41-,42+/m1/s1. The number of amides is 2. The molecule has 13 nitrogen and oxygen atoms in total. The minimum atomic E-state index is -1.42. The van der Waals surface area contributed by atoms with Crippen LogP contribution in [0.3, 0.4) is 0 Å². The van der Waals surface area contributed by atoms with E-state index in [0.717, 1.165) is 13.0 Å². The van der Waals surface area contributed by atoms with Crippen molar-refractivity contribution in [1.29, 1.82) is 0 Å². The number of fused-ring (bicyclic) bond motifs is 8. The number of benzene rings is 2. The molecular formula is C42H45F4N7O6. The van der Waals surface area contributed by atoms with E-state index < -0.39 is 47.2 Å². The minimum absolute atomic E-state index is 0.0213. The van der Waals surface area contributed by atoms with Crippen molar-refractivity contribution < 1.29 is 46.1 Å². The van der Waals surface area contributed by atoms with Crippen molar-refractivity contribution in [2.24, 2.45) is 11.8 Å². The number of piperidine rings is 2. The second-order valence-corrected chi connectivity index (χ2v) is 17.4. The molecule has 0 spiro atoms. The van der Waals surface area contributed by atoms with Crippen LogP contribution in [0.2, 0.25) is 0 Å². The van der Waals surface area contributed by atoms with Crippen molar-refractivity contribution in [3.63, 3.8) is 0 Å². The Morgan fingerprint density at radius 2 is 1.86 bits per heavy atom. The van der Waals surface area contributed by atoms with Crippen LogP contribution >= 0.6 is 0 Å². The maximum atomic E-state index is 17.6. The van der Waals surface area contributed by atoms with Crippen LogP contribution < -0.4 is 19.7 Å². The molecule has 5 fully saturated rings. The van der Waals surface area contributed by atoms with Gasteiger partial charge in [-0.2, -0.15) is 9.97 Å². The smallest absolute Gasteiger partial charge is 0.415 e. The predicted octanol–water partition coefficient (Wildman–Crippen LogP) is 6.13. The molecule has 2 amide bonds. The zero-order valence-corrected chi connectivity index (χ0v) is 32.8. The maximum absolute atomic E-state index is 17.6. The lowest BCUT2D eigenvalue weighted by molar-refractivity contribution is 0.107. The van der Waals surface area contributed by atoms with Crippen LogP contribution in [-0.2, 0) is 15.9 Å². The Bertz CT molecular complexity index is 2360. The number of ether oxygens (including phenoxy) is 4. The van der Waals surface area contributed by atoms with Crippen LogP contribution in [0.15, 0.2) is 30.5 Å². The molecule has 1 N–H and O–H groups in total. The molecule has 2 aromatic heterocycles. The summed E-state index contributed by atoms with van der Waals surface area (Å²) in [5, 5.41) is 3.75. The predicted molar refractivity (Wildman–Crippen MR) is 207 cm³/mol. The minimum Gasteiger partial charge on any atom is -0.461 e. The van der Waals surface area contributed by atoms with E-state index in [-0.39, 0.29) is 115 Å².